The minimum absolute atomic E-state index is 0.106. The van der Waals surface area contributed by atoms with Crippen molar-refractivity contribution >= 4 is 314 Å². The maximum absolute atomic E-state index is 6.86. The summed E-state index contributed by atoms with van der Waals surface area (Å²) in [7, 11) is 2.59. The third-order valence-electron chi connectivity index (χ3n) is 30.2. The Morgan fingerprint density at radius 1 is 0.330 bits per heavy atom. The van der Waals surface area contributed by atoms with Gasteiger partial charge >= 0.3 is 0 Å². The Morgan fingerprint density at radius 3 is 0.945 bits per heavy atom. The van der Waals surface area contributed by atoms with Crippen LogP contribution in [0.25, 0.3) is 291 Å². The Labute approximate surface area is 510 Å². The lowest BCUT2D eigenvalue weighted by atomic mass is 9.47. The van der Waals surface area contributed by atoms with Crippen LogP contribution in [0, 0.1) is 0 Å². The summed E-state index contributed by atoms with van der Waals surface area (Å²) in [6, 6.07) is 27.9. The summed E-state index contributed by atoms with van der Waals surface area (Å²) < 4.78 is 6.86. The summed E-state index contributed by atoms with van der Waals surface area (Å²) in [6.07, 6.45) is 4.57. The minimum Gasteiger partial charge on any atom is -0.494 e. The monoisotopic (exact) mass is 1150 g/mol. The minimum atomic E-state index is -0.368. The molecular formula is C87H30N2OS. The number of nitrogens with zero attached hydrogens (tertiary/aromatic N) is 2. The summed E-state index contributed by atoms with van der Waals surface area (Å²) in [5.74, 6) is 1.01. The first kappa shape index (κ1) is 38.5. The lowest BCUT2D eigenvalue weighted by Crippen LogP contribution is -2.51. The molecule has 31 aromatic carbocycles. The maximum atomic E-state index is 6.86. The zero-order valence-electron chi connectivity index (χ0n) is 48.2. The predicted molar refractivity (Wildman–Crippen MR) is 384 cm³/mol. The fourth-order valence-electron chi connectivity index (χ4n) is 29.2. The van der Waals surface area contributed by atoms with Gasteiger partial charge in [-0.2, -0.15) is 0 Å². The molecule has 31 aromatic rings. The molecule has 0 amide bonds. The smallest absolute Gasteiger partial charge is 0.119 e. The maximum Gasteiger partial charge on any atom is 0.119 e. The summed E-state index contributed by atoms with van der Waals surface area (Å²) in [6.45, 7) is 2.79. The quantitative estimate of drug-likeness (QED) is 0.106. The fraction of sp³-hybridized carbons (Fsp3) is 0.126. The summed E-state index contributed by atoms with van der Waals surface area (Å²) in [5.41, 5.74) is 10.5. The van der Waals surface area contributed by atoms with Crippen LogP contribution in [0.4, 0.5) is 11.4 Å². The predicted octanol–water partition coefficient (Wildman–Crippen LogP) is 23.2. The van der Waals surface area contributed by atoms with Gasteiger partial charge in [0.25, 0.3) is 0 Å². The third-order valence-corrected chi connectivity index (χ3v) is 31.3. The number of hydrogen-bond donors (Lipinski definition) is 0. The molecular weight excluding hydrogens is 1120 g/mol. The van der Waals surface area contributed by atoms with Crippen molar-refractivity contribution < 1.29 is 4.74 Å². The van der Waals surface area contributed by atoms with Crippen molar-refractivity contribution in [1.29, 1.82) is 0 Å². The Hall–Kier alpha value is -9.97. The molecule has 0 bridgehead atoms. The van der Waals surface area contributed by atoms with E-state index in [1.165, 1.54) is 33.2 Å². The van der Waals surface area contributed by atoms with Gasteiger partial charge in [0.1, 0.15) is 5.75 Å². The summed E-state index contributed by atoms with van der Waals surface area (Å²) >= 11 is 1.90. The van der Waals surface area contributed by atoms with Crippen LogP contribution in [-0.4, -0.2) is 31.6 Å². The van der Waals surface area contributed by atoms with E-state index in [9.17, 15) is 0 Å². The van der Waals surface area contributed by atoms with E-state index >= 15 is 0 Å². The van der Waals surface area contributed by atoms with Gasteiger partial charge in [0.05, 0.1) is 28.8 Å². The van der Waals surface area contributed by atoms with Gasteiger partial charge in [0.2, 0.25) is 0 Å². The number of rotatable bonds is 9. The van der Waals surface area contributed by atoms with E-state index in [2.05, 4.69) is 89.6 Å². The van der Waals surface area contributed by atoms with Crippen LogP contribution in [0.2, 0.25) is 0 Å². The first-order chi connectivity index (χ1) is 45.3. The molecule has 2 heterocycles. The van der Waals surface area contributed by atoms with Crippen molar-refractivity contribution in [2.24, 2.45) is 0 Å². The number of hydrogen-bond acceptors (Lipinski definition) is 4. The van der Waals surface area contributed by atoms with Crippen LogP contribution < -0.4 is 9.64 Å². The highest BCUT2D eigenvalue weighted by molar-refractivity contribution is 7.99. The first-order valence-electron chi connectivity index (χ1n) is 34.1. The first-order valence-corrected chi connectivity index (χ1v) is 34.9. The molecule has 2 aliphatic heterocycles. The number of para-hydroxylation sites is 2. The highest BCUT2D eigenvalue weighted by Gasteiger charge is 2.76. The SMILES string of the molecule is CN1CC23c4c5c6c7c8c9c(c%10c%11c2c2c4c4c%12c5c5c6c6c8c8c%13c9c9c%10c%10c%11c%11c2c2c4c4c%12c%12c5c5c6c8c6c8c%13c9c9c%10c%10c%11c2c2c4c4c%12c5c6c5c8c9c%10c2c45)C73C1c1ccc(OCCCCCCN2c3ccccc3Sc3ccccc32)cc1. The van der Waals surface area contributed by atoms with Gasteiger partial charge in [-0.1, -0.05) is 61.0 Å². The largest absolute Gasteiger partial charge is 0.494 e. The van der Waals surface area contributed by atoms with Crippen LogP contribution in [0.3, 0.4) is 0 Å². The molecule has 91 heavy (non-hydrogen) atoms. The fourth-order valence-corrected chi connectivity index (χ4v) is 30.3. The van der Waals surface area contributed by atoms with Gasteiger partial charge in [-0.15, -0.1) is 0 Å². The van der Waals surface area contributed by atoms with Crippen molar-refractivity contribution in [1.82, 2.24) is 4.90 Å². The van der Waals surface area contributed by atoms with E-state index in [-0.39, 0.29) is 16.9 Å². The molecule has 1 atom stereocenters. The molecule has 0 saturated carbocycles. The van der Waals surface area contributed by atoms with Crippen molar-refractivity contribution in [3.63, 3.8) is 0 Å². The van der Waals surface area contributed by atoms with Crippen LogP contribution >= 0.6 is 11.8 Å². The number of likely N-dealkylation sites (tertiary alicyclic amines) is 1. The van der Waals surface area contributed by atoms with Crippen molar-refractivity contribution in [2.45, 2.75) is 52.3 Å². The molecule has 4 aliphatic carbocycles. The molecule has 1 saturated heterocycles. The van der Waals surface area contributed by atoms with E-state index in [0.29, 0.717) is 0 Å². The topological polar surface area (TPSA) is 15.7 Å². The zero-order valence-corrected chi connectivity index (χ0v) is 49.0. The van der Waals surface area contributed by atoms with Gasteiger partial charge < -0.3 is 9.64 Å². The molecule has 2 spiro atoms. The van der Waals surface area contributed by atoms with E-state index in [1.807, 2.05) is 11.8 Å². The number of likely N-dealkylation sites (N-methyl/N-ethyl adjacent to an activating group) is 1. The van der Waals surface area contributed by atoms with E-state index in [0.717, 1.165) is 44.7 Å². The Morgan fingerprint density at radius 2 is 0.615 bits per heavy atom. The average Bonchev–Trinajstić information content (AvgIpc) is 1.38. The molecule has 0 radical (unpaired) electrons. The standard InChI is InChI=1S/C87H30N2OS/c1-88-20-86-81-73-65-55-45-37-29-27-28-31-35-33(29)41-49-43(35)53-47-39(31)40-32(28)36-34-30(27)38(37)46-52-42(34)50-44(36)54-48(40)58-57(47)69-63(53)71-61(49)67(59(65)51(41)45)75(81)77(71)83-79(69)80-70(58)64(54)72-62(50)68-60(52)66(56(46)55)74(73)82(86)76(68)78(72)84(80)87(83,86)85(88)21-14-16-22(17-15-21)90-19-9-3-2-8-18-89-23-10-4-6-12-25(23)91-26-13-7-5-11-24(26)89/h4-7,10-17,85H,2-3,8-9,18-20H2,1H3. The third kappa shape index (κ3) is 2.56. The Balaban J connectivity index is 0.687. The Bertz CT molecular complexity index is 8300. The molecule has 400 valence electrons. The number of anilines is 2. The number of ether oxygens (including phenoxy) is 1. The van der Waals surface area contributed by atoms with E-state index in [4.69, 9.17) is 4.74 Å². The second kappa shape index (κ2) is 9.96. The van der Waals surface area contributed by atoms with Gasteiger partial charge in [-0.3, -0.25) is 4.90 Å². The van der Waals surface area contributed by atoms with Gasteiger partial charge in [-0.25, -0.2) is 0 Å². The second-order valence-corrected chi connectivity index (χ2v) is 32.9. The van der Waals surface area contributed by atoms with Crippen LogP contribution in [-0.2, 0) is 10.8 Å². The molecule has 37 rings (SSSR count). The molecule has 1 unspecified atom stereocenters. The lowest BCUT2D eigenvalue weighted by molar-refractivity contribution is 0.270. The van der Waals surface area contributed by atoms with E-state index in [1.54, 1.807) is 313 Å². The van der Waals surface area contributed by atoms with Crippen LogP contribution in [0.1, 0.15) is 59.5 Å². The highest BCUT2D eigenvalue weighted by atomic mass is 32.2. The molecule has 6 aliphatic rings. The normalized spacial score (nSPS) is 21.5. The highest BCUT2D eigenvalue weighted by Crippen LogP contribution is 2.87. The van der Waals surface area contributed by atoms with Crippen molar-refractivity contribution in [2.75, 3.05) is 31.6 Å². The molecule has 3 nitrogen and oxygen atoms in total. The molecule has 0 aromatic heterocycles. The van der Waals surface area contributed by atoms with Gasteiger partial charge in [-0.05, 0) is 375 Å². The molecule has 1 fully saturated rings. The second-order valence-electron chi connectivity index (χ2n) is 31.8. The van der Waals surface area contributed by atoms with Gasteiger partial charge in [0.15, 0.2) is 0 Å². The summed E-state index contributed by atoms with van der Waals surface area (Å²) in [4.78, 5) is 8.24. The Kier molecular flexibility index (Phi) is 4.22. The number of unbranched alkanes of at least 4 members (excludes halogenated alkanes) is 3. The van der Waals surface area contributed by atoms with Crippen molar-refractivity contribution in [3.05, 3.63) is 101 Å². The van der Waals surface area contributed by atoms with Crippen LogP contribution in [0.5, 0.6) is 5.75 Å². The van der Waals surface area contributed by atoms with Gasteiger partial charge in [0, 0.05) is 28.9 Å². The lowest BCUT2D eigenvalue weighted by Gasteiger charge is -2.52. The molecule has 0 N–H and O–H groups in total. The average molecular weight is 1150 g/mol. The molecule has 4 heteroatoms. The number of fused-ring (bicyclic) bond motifs is 2. The van der Waals surface area contributed by atoms with E-state index < -0.39 is 0 Å². The zero-order chi connectivity index (χ0) is 55.5. The van der Waals surface area contributed by atoms with Crippen molar-refractivity contribution in [3.8, 4) is 5.75 Å². The number of benzene rings is 21. The summed E-state index contributed by atoms with van der Waals surface area (Å²) in [5, 5.41) is 89.9. The van der Waals surface area contributed by atoms with Crippen LogP contribution in [0.15, 0.2) is 82.6 Å².